The number of carbonyl (C=O) groups is 1. The molecule has 1 rings (SSSR count). The maximum absolute atomic E-state index is 12.6. The first-order valence-corrected chi connectivity index (χ1v) is 4.78. The molecule has 0 spiro atoms. The van der Waals surface area contributed by atoms with Gasteiger partial charge in [0.25, 0.3) is 0 Å². The number of nitrogens with one attached hydrogen (secondary N) is 2. The smallest absolute Gasteiger partial charge is 0.304 e. The van der Waals surface area contributed by atoms with Gasteiger partial charge in [0.1, 0.15) is 0 Å². The lowest BCUT2D eigenvalue weighted by molar-refractivity contribution is -0.163. The second-order valence-corrected chi connectivity index (χ2v) is 3.74. The molecule has 8 heteroatoms. The molecule has 0 saturated heterocycles. The first-order valence-electron chi connectivity index (χ1n) is 4.78. The number of hydrogen-bond acceptors (Lipinski definition) is 2. The number of nitrogens with zero attached hydrogens (tertiary/aromatic N) is 1. The van der Waals surface area contributed by atoms with Crippen LogP contribution in [0.4, 0.5) is 23.4 Å². The average molecular weight is 253 g/mol. The third kappa shape index (κ3) is 2.95. The highest BCUT2D eigenvalue weighted by molar-refractivity contribution is 5.95. The molecule has 96 valence electrons. The van der Waals surface area contributed by atoms with Gasteiger partial charge in [0.05, 0.1) is 0 Å². The average Bonchev–Trinajstić information content (AvgIpc) is 2.65. The van der Waals surface area contributed by atoms with Crippen molar-refractivity contribution in [2.45, 2.75) is 32.1 Å². The maximum Gasteiger partial charge on any atom is 0.383 e. The first-order chi connectivity index (χ1) is 7.75. The SMILES string of the molecule is CC(C)c1cc(NC(=O)C(F)(F)C(F)F)n[nH]1. The van der Waals surface area contributed by atoms with E-state index in [9.17, 15) is 22.4 Å². The zero-order valence-corrected chi connectivity index (χ0v) is 9.10. The molecule has 0 aromatic carbocycles. The van der Waals surface area contributed by atoms with Gasteiger partial charge in [0.2, 0.25) is 0 Å². The van der Waals surface area contributed by atoms with Crippen LogP contribution < -0.4 is 5.32 Å². The predicted molar refractivity (Wildman–Crippen MR) is 52.3 cm³/mol. The van der Waals surface area contributed by atoms with E-state index in [1.165, 1.54) is 6.07 Å². The van der Waals surface area contributed by atoms with Gasteiger partial charge in [-0.2, -0.15) is 13.9 Å². The monoisotopic (exact) mass is 253 g/mol. The standard InChI is InChI=1S/C9H11F4N3O/c1-4(2)5-3-6(16-15-5)14-8(17)9(12,13)7(10)11/h3-4,7H,1-2H3,(H2,14,15,16,17). The van der Waals surface area contributed by atoms with E-state index in [-0.39, 0.29) is 11.7 Å². The fourth-order valence-electron chi connectivity index (χ4n) is 0.995. The minimum atomic E-state index is -4.73. The van der Waals surface area contributed by atoms with Crippen LogP contribution in [0.15, 0.2) is 6.07 Å². The molecule has 17 heavy (non-hydrogen) atoms. The first kappa shape index (κ1) is 13.5. The van der Waals surface area contributed by atoms with Crippen LogP contribution in [0.25, 0.3) is 0 Å². The Hall–Kier alpha value is -1.60. The van der Waals surface area contributed by atoms with Crippen molar-refractivity contribution in [3.8, 4) is 0 Å². The number of hydrogen-bond donors (Lipinski definition) is 2. The number of carbonyl (C=O) groups excluding carboxylic acids is 1. The largest absolute Gasteiger partial charge is 0.383 e. The third-order valence-electron chi connectivity index (χ3n) is 2.04. The fraction of sp³-hybridized carbons (Fsp3) is 0.556. The Balaban J connectivity index is 2.74. The Bertz CT molecular complexity index is 403. The van der Waals surface area contributed by atoms with Crippen LogP contribution >= 0.6 is 0 Å². The summed E-state index contributed by atoms with van der Waals surface area (Å²) in [7, 11) is 0. The van der Waals surface area contributed by atoms with E-state index in [0.29, 0.717) is 5.69 Å². The molecular formula is C9H11F4N3O. The molecular weight excluding hydrogens is 242 g/mol. The van der Waals surface area contributed by atoms with E-state index >= 15 is 0 Å². The van der Waals surface area contributed by atoms with Crippen LogP contribution in [0.1, 0.15) is 25.5 Å². The molecule has 0 fully saturated rings. The molecule has 1 amide bonds. The predicted octanol–water partition coefficient (Wildman–Crippen LogP) is 2.37. The van der Waals surface area contributed by atoms with Crippen LogP contribution in [0.3, 0.4) is 0 Å². The van der Waals surface area contributed by atoms with Crippen LogP contribution in [-0.2, 0) is 4.79 Å². The van der Waals surface area contributed by atoms with Crippen molar-refractivity contribution in [3.05, 3.63) is 11.8 Å². The summed E-state index contributed by atoms with van der Waals surface area (Å²) in [5.74, 6) is -6.96. The Labute approximate surface area is 94.4 Å². The number of aromatic amines is 1. The van der Waals surface area contributed by atoms with E-state index in [4.69, 9.17) is 0 Å². The number of anilines is 1. The second kappa shape index (κ2) is 4.72. The number of alkyl halides is 4. The molecule has 1 aromatic heterocycles. The topological polar surface area (TPSA) is 57.8 Å². The molecule has 4 nitrogen and oxygen atoms in total. The molecule has 0 aliphatic heterocycles. The third-order valence-corrected chi connectivity index (χ3v) is 2.04. The molecule has 2 N–H and O–H groups in total. The summed E-state index contributed by atoms with van der Waals surface area (Å²) in [6, 6.07) is 1.31. The summed E-state index contributed by atoms with van der Waals surface area (Å²) >= 11 is 0. The molecule has 0 unspecified atom stereocenters. The Morgan fingerprint density at radius 2 is 2.06 bits per heavy atom. The summed E-state index contributed by atoms with van der Waals surface area (Å²) in [5.41, 5.74) is 0.598. The highest BCUT2D eigenvalue weighted by Gasteiger charge is 2.49. The van der Waals surface area contributed by atoms with Gasteiger partial charge in [-0.1, -0.05) is 13.8 Å². The summed E-state index contributed by atoms with van der Waals surface area (Å²) < 4.78 is 48.9. The van der Waals surface area contributed by atoms with Crippen molar-refractivity contribution in [3.63, 3.8) is 0 Å². The van der Waals surface area contributed by atoms with E-state index in [0.717, 1.165) is 0 Å². The van der Waals surface area contributed by atoms with Crippen LogP contribution in [0.5, 0.6) is 0 Å². The van der Waals surface area contributed by atoms with Crippen LogP contribution in [-0.4, -0.2) is 28.5 Å². The summed E-state index contributed by atoms with van der Waals surface area (Å²) in [6.45, 7) is 3.62. The minimum absolute atomic E-state index is 0.0451. The zero-order chi connectivity index (χ0) is 13.2. The van der Waals surface area contributed by atoms with Crippen molar-refractivity contribution in [1.29, 1.82) is 0 Å². The molecule has 0 bridgehead atoms. The van der Waals surface area contributed by atoms with Crippen molar-refractivity contribution in [1.82, 2.24) is 10.2 Å². The van der Waals surface area contributed by atoms with E-state index in [1.54, 1.807) is 5.32 Å². The Morgan fingerprint density at radius 3 is 2.47 bits per heavy atom. The highest BCUT2D eigenvalue weighted by atomic mass is 19.3. The van der Waals surface area contributed by atoms with Gasteiger partial charge in [-0.05, 0) is 5.92 Å². The van der Waals surface area contributed by atoms with Gasteiger partial charge < -0.3 is 5.32 Å². The highest BCUT2D eigenvalue weighted by Crippen LogP contribution is 2.24. The summed E-state index contributed by atoms with van der Waals surface area (Å²) in [5, 5.41) is 7.64. The van der Waals surface area contributed by atoms with Gasteiger partial charge in [-0.25, -0.2) is 8.78 Å². The molecule has 0 atom stereocenters. The van der Waals surface area contributed by atoms with Gasteiger partial charge >= 0.3 is 18.3 Å². The Morgan fingerprint density at radius 1 is 1.47 bits per heavy atom. The van der Waals surface area contributed by atoms with Gasteiger partial charge in [-0.15, -0.1) is 0 Å². The second-order valence-electron chi connectivity index (χ2n) is 3.74. The summed E-state index contributed by atoms with van der Waals surface area (Å²) in [6.07, 6.45) is -4.05. The van der Waals surface area contributed by atoms with Crippen molar-refractivity contribution in [2.75, 3.05) is 5.32 Å². The van der Waals surface area contributed by atoms with Gasteiger partial charge in [0, 0.05) is 11.8 Å². The lowest BCUT2D eigenvalue weighted by Gasteiger charge is -2.13. The normalized spacial score (nSPS) is 12.2. The van der Waals surface area contributed by atoms with Crippen molar-refractivity contribution < 1.29 is 22.4 Å². The molecule has 1 heterocycles. The van der Waals surface area contributed by atoms with E-state index < -0.39 is 18.3 Å². The number of amides is 1. The molecule has 1 aromatic rings. The van der Waals surface area contributed by atoms with Crippen LogP contribution in [0.2, 0.25) is 0 Å². The maximum atomic E-state index is 12.6. The lowest BCUT2D eigenvalue weighted by Crippen LogP contribution is -2.41. The van der Waals surface area contributed by atoms with Gasteiger partial charge in [-0.3, -0.25) is 9.89 Å². The quantitative estimate of drug-likeness (QED) is 0.809. The van der Waals surface area contributed by atoms with Crippen molar-refractivity contribution in [2.24, 2.45) is 0 Å². The molecule has 0 radical (unpaired) electrons. The van der Waals surface area contributed by atoms with E-state index in [1.807, 2.05) is 13.8 Å². The number of aromatic nitrogens is 2. The fourth-order valence-corrected chi connectivity index (χ4v) is 0.995. The summed E-state index contributed by atoms with van der Waals surface area (Å²) in [4.78, 5) is 10.9. The minimum Gasteiger partial charge on any atom is -0.304 e. The van der Waals surface area contributed by atoms with Crippen molar-refractivity contribution >= 4 is 11.7 Å². The van der Waals surface area contributed by atoms with E-state index in [2.05, 4.69) is 10.2 Å². The number of H-pyrrole nitrogens is 1. The Kier molecular flexibility index (Phi) is 3.74. The number of rotatable bonds is 4. The molecule has 0 aliphatic rings. The molecule has 0 aliphatic carbocycles. The zero-order valence-electron chi connectivity index (χ0n) is 9.10. The molecule has 0 saturated carbocycles. The lowest BCUT2D eigenvalue weighted by atomic mass is 10.1. The van der Waals surface area contributed by atoms with Crippen LogP contribution in [0, 0.1) is 0 Å². The van der Waals surface area contributed by atoms with Gasteiger partial charge in [0.15, 0.2) is 5.82 Å². The number of halogens is 4.